The van der Waals surface area contributed by atoms with Gasteiger partial charge in [-0.05, 0) is 42.3 Å². The maximum atomic E-state index is 5.91. The maximum Gasteiger partial charge on any atom is 0.0427 e. The average molecular weight is 320 g/mol. The van der Waals surface area contributed by atoms with E-state index in [4.69, 9.17) is 5.73 Å². The Bertz CT molecular complexity index is 540. The number of anilines is 1. The minimum absolute atomic E-state index is 0.0360. The molecule has 0 aliphatic heterocycles. The van der Waals surface area contributed by atoms with Gasteiger partial charge < -0.3 is 10.6 Å². The molecule has 0 aliphatic rings. The molecule has 4 heteroatoms. The number of benzene rings is 1. The van der Waals surface area contributed by atoms with Gasteiger partial charge in [-0.25, -0.2) is 0 Å². The second kappa shape index (κ2) is 6.17. The average Bonchev–Trinajstić information content (AvgIpc) is 2.39. The number of hydrogen-bond donors (Lipinski definition) is 1. The molecule has 2 aromatic rings. The van der Waals surface area contributed by atoms with Crippen LogP contribution in [0.1, 0.15) is 24.1 Å². The van der Waals surface area contributed by atoms with Crippen molar-refractivity contribution >= 4 is 21.6 Å². The van der Waals surface area contributed by atoms with Gasteiger partial charge >= 0.3 is 0 Å². The molecule has 0 unspecified atom stereocenters. The lowest BCUT2D eigenvalue weighted by Crippen LogP contribution is -2.16. The van der Waals surface area contributed by atoms with Crippen LogP contribution in [0.15, 0.2) is 47.2 Å². The number of aromatic nitrogens is 1. The number of hydrogen-bond acceptors (Lipinski definition) is 3. The topological polar surface area (TPSA) is 42.1 Å². The van der Waals surface area contributed by atoms with E-state index >= 15 is 0 Å². The van der Waals surface area contributed by atoms with Crippen LogP contribution < -0.4 is 10.6 Å². The summed E-state index contributed by atoms with van der Waals surface area (Å²) in [6.45, 7) is 2.84. The van der Waals surface area contributed by atoms with Crippen LogP contribution in [0.4, 0.5) is 5.69 Å². The Balaban J connectivity index is 2.16. The monoisotopic (exact) mass is 319 g/mol. The third kappa shape index (κ3) is 3.55. The second-order valence-electron chi connectivity index (χ2n) is 4.71. The SMILES string of the molecule is C[C@@H](N)c1ccc(N(C)Cc2ccncc2)cc1Br. The first-order valence-corrected chi connectivity index (χ1v) is 7.02. The zero-order valence-electron chi connectivity index (χ0n) is 11.2. The van der Waals surface area contributed by atoms with E-state index in [1.54, 1.807) is 0 Å². The summed E-state index contributed by atoms with van der Waals surface area (Å²) in [5, 5.41) is 0. The van der Waals surface area contributed by atoms with Crippen LogP contribution in [0.3, 0.4) is 0 Å². The highest BCUT2D eigenvalue weighted by Gasteiger charge is 2.08. The van der Waals surface area contributed by atoms with Crippen LogP contribution in [0.5, 0.6) is 0 Å². The number of halogens is 1. The van der Waals surface area contributed by atoms with Gasteiger partial charge in [-0.15, -0.1) is 0 Å². The van der Waals surface area contributed by atoms with E-state index in [1.807, 2.05) is 31.5 Å². The number of nitrogens with zero attached hydrogens (tertiary/aromatic N) is 2. The molecule has 2 rings (SSSR count). The molecule has 0 aliphatic carbocycles. The van der Waals surface area contributed by atoms with Gasteiger partial charge in [0.15, 0.2) is 0 Å². The van der Waals surface area contributed by atoms with Crippen molar-refractivity contribution in [2.45, 2.75) is 19.5 Å². The molecule has 100 valence electrons. The fraction of sp³-hybridized carbons (Fsp3) is 0.267. The highest BCUT2D eigenvalue weighted by Crippen LogP contribution is 2.27. The minimum atomic E-state index is 0.0360. The molecule has 0 saturated carbocycles. The quantitative estimate of drug-likeness (QED) is 0.937. The third-order valence-corrected chi connectivity index (χ3v) is 3.77. The molecule has 0 fully saturated rings. The first-order valence-electron chi connectivity index (χ1n) is 6.23. The van der Waals surface area contributed by atoms with Crippen LogP contribution >= 0.6 is 15.9 Å². The Morgan fingerprint density at radius 1 is 1.26 bits per heavy atom. The van der Waals surface area contributed by atoms with E-state index in [0.29, 0.717) is 0 Å². The normalized spacial score (nSPS) is 12.2. The molecule has 19 heavy (non-hydrogen) atoms. The molecule has 2 N–H and O–H groups in total. The van der Waals surface area contributed by atoms with E-state index < -0.39 is 0 Å². The summed E-state index contributed by atoms with van der Waals surface area (Å²) in [6.07, 6.45) is 3.64. The van der Waals surface area contributed by atoms with Gasteiger partial charge in [-0.3, -0.25) is 4.98 Å². The molecule has 1 heterocycles. The summed E-state index contributed by atoms with van der Waals surface area (Å²) in [5.74, 6) is 0. The van der Waals surface area contributed by atoms with Crippen molar-refractivity contribution in [3.05, 3.63) is 58.3 Å². The van der Waals surface area contributed by atoms with E-state index in [1.165, 1.54) is 5.56 Å². The third-order valence-electron chi connectivity index (χ3n) is 3.08. The van der Waals surface area contributed by atoms with Crippen LogP contribution in [0.25, 0.3) is 0 Å². The van der Waals surface area contributed by atoms with Gasteiger partial charge in [0, 0.05) is 42.2 Å². The highest BCUT2D eigenvalue weighted by atomic mass is 79.9. The first-order chi connectivity index (χ1) is 9.08. The first kappa shape index (κ1) is 14.0. The molecular weight excluding hydrogens is 302 g/mol. The summed E-state index contributed by atoms with van der Waals surface area (Å²) in [4.78, 5) is 6.23. The summed E-state index contributed by atoms with van der Waals surface area (Å²) < 4.78 is 1.06. The summed E-state index contributed by atoms with van der Waals surface area (Å²) >= 11 is 3.58. The van der Waals surface area contributed by atoms with Crippen molar-refractivity contribution in [3.8, 4) is 0 Å². The van der Waals surface area contributed by atoms with Crippen LogP contribution in [0.2, 0.25) is 0 Å². The van der Waals surface area contributed by atoms with Gasteiger partial charge in [0.05, 0.1) is 0 Å². The fourth-order valence-corrected chi connectivity index (χ4v) is 2.70. The second-order valence-corrected chi connectivity index (χ2v) is 5.56. The van der Waals surface area contributed by atoms with Gasteiger partial charge in [0.1, 0.15) is 0 Å². The predicted molar refractivity (Wildman–Crippen MR) is 83.1 cm³/mol. The number of pyridine rings is 1. The van der Waals surface area contributed by atoms with Gasteiger partial charge in [0.25, 0.3) is 0 Å². The molecule has 1 atom stereocenters. The number of nitrogens with two attached hydrogens (primary N) is 1. The molecule has 3 nitrogen and oxygen atoms in total. The van der Waals surface area contributed by atoms with Gasteiger partial charge in [0.2, 0.25) is 0 Å². The lowest BCUT2D eigenvalue weighted by atomic mass is 10.1. The summed E-state index contributed by atoms with van der Waals surface area (Å²) in [5.41, 5.74) is 9.44. The van der Waals surface area contributed by atoms with E-state index in [-0.39, 0.29) is 6.04 Å². The van der Waals surface area contributed by atoms with E-state index in [0.717, 1.165) is 22.3 Å². The fourth-order valence-electron chi connectivity index (χ4n) is 1.98. The minimum Gasteiger partial charge on any atom is -0.370 e. The Kier molecular flexibility index (Phi) is 4.56. The standard InChI is InChI=1S/C15H18BrN3/c1-11(17)14-4-3-13(9-15(14)16)19(2)10-12-5-7-18-8-6-12/h3-9,11H,10,17H2,1-2H3/t11-/m1/s1. The summed E-state index contributed by atoms with van der Waals surface area (Å²) in [7, 11) is 2.08. The maximum absolute atomic E-state index is 5.91. The Morgan fingerprint density at radius 2 is 1.95 bits per heavy atom. The highest BCUT2D eigenvalue weighted by molar-refractivity contribution is 9.10. The number of rotatable bonds is 4. The lowest BCUT2D eigenvalue weighted by molar-refractivity contribution is 0.811. The van der Waals surface area contributed by atoms with Crippen molar-refractivity contribution in [2.75, 3.05) is 11.9 Å². The van der Waals surface area contributed by atoms with Crippen molar-refractivity contribution in [2.24, 2.45) is 5.73 Å². The zero-order valence-corrected chi connectivity index (χ0v) is 12.8. The van der Waals surface area contributed by atoms with Crippen molar-refractivity contribution in [3.63, 3.8) is 0 Å². The predicted octanol–water partition coefficient (Wildman–Crippen LogP) is 3.50. The molecule has 1 aromatic heterocycles. The largest absolute Gasteiger partial charge is 0.370 e. The Morgan fingerprint density at radius 3 is 2.53 bits per heavy atom. The van der Waals surface area contributed by atoms with Crippen molar-refractivity contribution < 1.29 is 0 Å². The van der Waals surface area contributed by atoms with Gasteiger partial charge in [-0.1, -0.05) is 22.0 Å². The molecule has 0 amide bonds. The van der Waals surface area contributed by atoms with E-state index in [9.17, 15) is 0 Å². The zero-order chi connectivity index (χ0) is 13.8. The van der Waals surface area contributed by atoms with Crippen LogP contribution in [-0.4, -0.2) is 12.0 Å². The van der Waals surface area contributed by atoms with Crippen LogP contribution in [0, 0.1) is 0 Å². The van der Waals surface area contributed by atoms with Crippen molar-refractivity contribution in [1.82, 2.24) is 4.98 Å². The molecule has 0 radical (unpaired) electrons. The smallest absolute Gasteiger partial charge is 0.0427 e. The Labute approximate surface area is 122 Å². The summed E-state index contributed by atoms with van der Waals surface area (Å²) in [6, 6.07) is 10.4. The Hall–Kier alpha value is -1.39. The molecular formula is C15H18BrN3. The van der Waals surface area contributed by atoms with Crippen molar-refractivity contribution in [1.29, 1.82) is 0 Å². The molecule has 0 spiro atoms. The lowest BCUT2D eigenvalue weighted by Gasteiger charge is -2.21. The van der Waals surface area contributed by atoms with Gasteiger partial charge in [-0.2, -0.15) is 0 Å². The molecule has 1 aromatic carbocycles. The molecule has 0 bridgehead atoms. The van der Waals surface area contributed by atoms with Crippen LogP contribution in [-0.2, 0) is 6.54 Å². The van der Waals surface area contributed by atoms with E-state index in [2.05, 4.69) is 51.1 Å². The molecule has 0 saturated heterocycles.